The van der Waals surface area contributed by atoms with E-state index in [9.17, 15) is 9.59 Å². The zero-order chi connectivity index (χ0) is 20.1. The largest absolute Gasteiger partial charge is 0.325 e. The van der Waals surface area contributed by atoms with Crippen LogP contribution in [0.2, 0.25) is 0 Å². The van der Waals surface area contributed by atoms with Gasteiger partial charge in [0.25, 0.3) is 0 Å². The second-order valence-electron chi connectivity index (χ2n) is 6.46. The van der Waals surface area contributed by atoms with Crippen molar-refractivity contribution in [3.05, 3.63) is 91.0 Å². The molecule has 1 saturated heterocycles. The Bertz CT molecular complexity index is 1020. The van der Waals surface area contributed by atoms with Crippen LogP contribution in [0.25, 0.3) is 0 Å². The number of carbonyl (C=O) groups is 2. The quantitative estimate of drug-likeness (QED) is 0.680. The van der Waals surface area contributed by atoms with Gasteiger partial charge in [0.2, 0.25) is 11.8 Å². The molecule has 1 heterocycles. The molecule has 0 radical (unpaired) electrons. The molecule has 1 N–H and O–H groups in total. The number of carbonyl (C=O) groups excluding carboxylic acids is 2. The number of hydrogen-bond acceptors (Lipinski definition) is 4. The van der Waals surface area contributed by atoms with Gasteiger partial charge in [-0.25, -0.2) is 4.99 Å². The molecule has 0 bridgehead atoms. The molecule has 144 valence electrons. The number of rotatable bonds is 4. The molecule has 1 aliphatic heterocycles. The van der Waals surface area contributed by atoms with Gasteiger partial charge < -0.3 is 5.32 Å². The maximum Gasteiger partial charge on any atom is 0.238 e. The Morgan fingerprint density at radius 1 is 0.897 bits per heavy atom. The van der Waals surface area contributed by atoms with Crippen molar-refractivity contribution in [3.8, 4) is 0 Å². The van der Waals surface area contributed by atoms with Crippen LogP contribution in [0, 0.1) is 0 Å². The molecule has 0 saturated carbocycles. The zero-order valence-electron chi connectivity index (χ0n) is 15.6. The number of hydrogen-bond donors (Lipinski definition) is 1. The normalized spacial score (nSPS) is 17.9. The highest BCUT2D eigenvalue weighted by Crippen LogP contribution is 2.33. The van der Waals surface area contributed by atoms with Gasteiger partial charge >= 0.3 is 0 Å². The molecule has 3 aromatic rings. The Kier molecular flexibility index (Phi) is 5.72. The van der Waals surface area contributed by atoms with Gasteiger partial charge in [0.15, 0.2) is 5.17 Å². The first-order valence-electron chi connectivity index (χ1n) is 9.25. The van der Waals surface area contributed by atoms with Gasteiger partial charge in [-0.2, -0.15) is 0 Å². The predicted octanol–water partition coefficient (Wildman–Crippen LogP) is 4.85. The van der Waals surface area contributed by atoms with Crippen molar-refractivity contribution in [1.29, 1.82) is 0 Å². The van der Waals surface area contributed by atoms with Gasteiger partial charge in [0.05, 0.1) is 11.4 Å². The molecule has 0 aliphatic carbocycles. The molecule has 1 fully saturated rings. The summed E-state index contributed by atoms with van der Waals surface area (Å²) in [6.45, 7) is 0. The Morgan fingerprint density at radius 3 is 2.14 bits per heavy atom. The molecule has 0 spiro atoms. The summed E-state index contributed by atoms with van der Waals surface area (Å²) in [6, 6.07) is 28.1. The molecule has 3 aromatic carbocycles. The van der Waals surface area contributed by atoms with E-state index in [1.807, 2.05) is 91.0 Å². The van der Waals surface area contributed by atoms with Gasteiger partial charge in [-0.3, -0.25) is 14.5 Å². The number of nitrogens with zero attached hydrogens (tertiary/aromatic N) is 2. The van der Waals surface area contributed by atoms with E-state index in [0.29, 0.717) is 10.9 Å². The average molecular weight is 401 g/mol. The maximum atomic E-state index is 13.0. The monoisotopic (exact) mass is 401 g/mol. The number of anilines is 2. The number of aliphatic imine (C=N–C) groups is 1. The second kappa shape index (κ2) is 8.75. The number of para-hydroxylation sites is 3. The number of benzene rings is 3. The average Bonchev–Trinajstić information content (AvgIpc) is 2.75. The molecule has 1 aliphatic rings. The minimum absolute atomic E-state index is 0.103. The van der Waals surface area contributed by atoms with E-state index in [1.165, 1.54) is 11.8 Å². The number of amidine groups is 1. The molecule has 1 atom stereocenters. The van der Waals surface area contributed by atoms with Crippen LogP contribution in [-0.4, -0.2) is 22.2 Å². The van der Waals surface area contributed by atoms with Crippen molar-refractivity contribution < 1.29 is 9.59 Å². The first-order chi connectivity index (χ1) is 14.2. The Morgan fingerprint density at radius 2 is 1.48 bits per heavy atom. The van der Waals surface area contributed by atoms with Gasteiger partial charge in [-0.1, -0.05) is 66.4 Å². The van der Waals surface area contributed by atoms with Gasteiger partial charge in [0.1, 0.15) is 5.25 Å². The van der Waals surface area contributed by atoms with Crippen LogP contribution in [0.5, 0.6) is 0 Å². The van der Waals surface area contributed by atoms with Crippen molar-refractivity contribution in [2.75, 3.05) is 10.2 Å². The fourth-order valence-corrected chi connectivity index (χ4v) is 4.11. The first-order valence-corrected chi connectivity index (χ1v) is 10.1. The molecule has 29 heavy (non-hydrogen) atoms. The minimum Gasteiger partial charge on any atom is -0.325 e. The van der Waals surface area contributed by atoms with Crippen molar-refractivity contribution >= 4 is 45.8 Å². The lowest BCUT2D eigenvalue weighted by Crippen LogP contribution is -2.45. The van der Waals surface area contributed by atoms with Crippen molar-refractivity contribution in [3.63, 3.8) is 0 Å². The van der Waals surface area contributed by atoms with Crippen LogP contribution in [0.15, 0.2) is 96.0 Å². The SMILES string of the molecule is O=C(Nc1ccccc1)[C@H]1CC(=O)N(c2ccccc2)C(=Nc2ccccc2)S1. The maximum absolute atomic E-state index is 13.0. The van der Waals surface area contributed by atoms with Crippen LogP contribution < -0.4 is 10.2 Å². The molecule has 5 nitrogen and oxygen atoms in total. The van der Waals surface area contributed by atoms with Crippen LogP contribution in [0.4, 0.5) is 17.1 Å². The van der Waals surface area contributed by atoms with Crippen molar-refractivity contribution in [2.45, 2.75) is 11.7 Å². The first kappa shape index (κ1) is 19.0. The highest BCUT2D eigenvalue weighted by molar-refractivity contribution is 8.15. The van der Waals surface area contributed by atoms with E-state index in [4.69, 9.17) is 0 Å². The molecule has 0 unspecified atom stereocenters. The zero-order valence-corrected chi connectivity index (χ0v) is 16.4. The van der Waals surface area contributed by atoms with E-state index in [0.717, 1.165) is 11.4 Å². The standard InChI is InChI=1S/C23H19N3O2S/c27-21-16-20(22(28)24-17-10-4-1-5-11-17)29-23(25-18-12-6-2-7-13-18)26(21)19-14-8-3-9-15-19/h1-15,20H,16H2,(H,24,28)/t20-/m1/s1. The lowest BCUT2D eigenvalue weighted by Gasteiger charge is -2.31. The summed E-state index contributed by atoms with van der Waals surface area (Å²) in [6.07, 6.45) is 0.103. The highest BCUT2D eigenvalue weighted by Gasteiger charge is 2.36. The van der Waals surface area contributed by atoms with Crippen LogP contribution in [-0.2, 0) is 9.59 Å². The van der Waals surface area contributed by atoms with Crippen LogP contribution in [0.1, 0.15) is 6.42 Å². The third kappa shape index (κ3) is 4.55. The van der Waals surface area contributed by atoms with E-state index in [-0.39, 0.29) is 18.2 Å². The summed E-state index contributed by atoms with van der Waals surface area (Å²) in [5, 5.41) is 2.83. The van der Waals surface area contributed by atoms with Gasteiger partial charge in [0, 0.05) is 12.1 Å². The summed E-state index contributed by atoms with van der Waals surface area (Å²) >= 11 is 1.30. The van der Waals surface area contributed by atoms with Crippen molar-refractivity contribution in [2.24, 2.45) is 4.99 Å². The molecule has 0 aromatic heterocycles. The third-order valence-electron chi connectivity index (χ3n) is 4.38. The van der Waals surface area contributed by atoms with E-state index < -0.39 is 5.25 Å². The number of thioether (sulfide) groups is 1. The van der Waals surface area contributed by atoms with Gasteiger partial charge in [-0.15, -0.1) is 0 Å². The summed E-state index contributed by atoms with van der Waals surface area (Å²) in [4.78, 5) is 32.1. The predicted molar refractivity (Wildman–Crippen MR) is 119 cm³/mol. The Balaban J connectivity index is 1.64. The van der Waals surface area contributed by atoms with E-state index >= 15 is 0 Å². The molecule has 4 rings (SSSR count). The van der Waals surface area contributed by atoms with Gasteiger partial charge in [-0.05, 0) is 36.4 Å². The fraction of sp³-hybridized carbons (Fsp3) is 0.0870. The summed E-state index contributed by atoms with van der Waals surface area (Å²) in [5.41, 5.74) is 2.17. The van der Waals surface area contributed by atoms with Crippen molar-refractivity contribution in [1.82, 2.24) is 0 Å². The number of amides is 2. The van der Waals surface area contributed by atoms with E-state index in [2.05, 4.69) is 10.3 Å². The lowest BCUT2D eigenvalue weighted by molar-refractivity contribution is -0.121. The molecule has 6 heteroatoms. The summed E-state index contributed by atoms with van der Waals surface area (Å²) in [7, 11) is 0. The summed E-state index contributed by atoms with van der Waals surface area (Å²) < 4.78 is 0. The third-order valence-corrected chi connectivity index (χ3v) is 5.53. The number of nitrogens with one attached hydrogen (secondary N) is 1. The van der Waals surface area contributed by atoms with E-state index in [1.54, 1.807) is 4.90 Å². The highest BCUT2D eigenvalue weighted by atomic mass is 32.2. The van der Waals surface area contributed by atoms with Crippen LogP contribution >= 0.6 is 11.8 Å². The topological polar surface area (TPSA) is 61.8 Å². The Hall–Kier alpha value is -3.38. The second-order valence-corrected chi connectivity index (χ2v) is 7.63. The minimum atomic E-state index is -0.551. The molecule has 2 amide bonds. The lowest BCUT2D eigenvalue weighted by atomic mass is 10.2. The van der Waals surface area contributed by atoms with Crippen LogP contribution in [0.3, 0.4) is 0 Å². The fourth-order valence-electron chi connectivity index (χ4n) is 2.99. The molecular formula is C23H19N3O2S. The molecular weight excluding hydrogens is 382 g/mol. The smallest absolute Gasteiger partial charge is 0.238 e. The summed E-state index contributed by atoms with van der Waals surface area (Å²) in [5.74, 6) is -0.360. The Labute approximate surface area is 173 Å².